The van der Waals surface area contributed by atoms with Crippen molar-refractivity contribution in [3.63, 3.8) is 0 Å². The Morgan fingerprint density at radius 2 is 0.800 bits per heavy atom. The molecule has 31 valence electrons. The number of thiol groups is 2. The van der Waals surface area contributed by atoms with Gasteiger partial charge in [-0.1, -0.05) is 0 Å². The summed E-state index contributed by atoms with van der Waals surface area (Å²) >= 11 is 6.56. The molecule has 0 unspecified atom stereocenters. The minimum Gasteiger partial charge on any atom is -0.372 e. The molecule has 3 heteroatoms. The van der Waals surface area contributed by atoms with Crippen molar-refractivity contribution in [1.82, 2.24) is 0 Å². The number of hydrogen-bond acceptors (Lipinski definition) is 2. The van der Waals surface area contributed by atoms with E-state index >= 15 is 0 Å². The number of hydrogen-bond donors (Lipinski definition) is 2. The molecule has 5 heavy (non-hydrogen) atoms. The maximum absolute atomic E-state index is 3.28. The first-order valence-corrected chi connectivity index (χ1v) is 1.90. The summed E-state index contributed by atoms with van der Waals surface area (Å²) < 4.78 is 0. The summed E-state index contributed by atoms with van der Waals surface area (Å²) in [5, 5.41) is 0. The van der Waals surface area contributed by atoms with Gasteiger partial charge in [0.15, 0.2) is 0 Å². The average Bonchev–Trinajstić information content (AvgIpc) is 1.50. The summed E-state index contributed by atoms with van der Waals surface area (Å²) in [6.07, 6.45) is 5.89. The zero-order valence-corrected chi connectivity index (χ0v) is 7.51. The van der Waals surface area contributed by atoms with E-state index in [4.69, 9.17) is 0 Å². The van der Waals surface area contributed by atoms with Gasteiger partial charge >= 0.3 is 0 Å². The van der Waals surface area contributed by atoms with Crippen molar-refractivity contribution in [2.45, 2.75) is 0 Å². The topological polar surface area (TPSA) is 0 Å². The van der Waals surface area contributed by atoms with Crippen LogP contribution in [0.1, 0.15) is 0 Å². The van der Waals surface area contributed by atoms with E-state index in [1.54, 1.807) is 0 Å². The molecule has 0 aromatic heterocycles. The minimum absolute atomic E-state index is 0. The molecule has 0 amide bonds. The fraction of sp³-hybridized carbons (Fsp3) is 0. The van der Waals surface area contributed by atoms with Gasteiger partial charge in [0.1, 0.15) is 0 Å². The van der Waals surface area contributed by atoms with Crippen molar-refractivity contribution < 1.29 is 32.7 Å². The predicted molar refractivity (Wildman–Crippen MR) is 28.7 cm³/mol. The van der Waals surface area contributed by atoms with E-state index in [1.165, 1.54) is 0 Å². The molecule has 0 saturated heterocycles. The van der Waals surface area contributed by atoms with Gasteiger partial charge in [-0.25, -0.2) is 0 Å². The molecule has 0 heterocycles. The average molecular weight is 183 g/mol. The fourth-order valence-electron chi connectivity index (χ4n) is 0. The molecular formula is C2H6S2Y-2. The van der Waals surface area contributed by atoms with Gasteiger partial charge in [-0.2, -0.15) is 0 Å². The van der Waals surface area contributed by atoms with Crippen molar-refractivity contribution in [2.75, 3.05) is 0 Å². The van der Waals surface area contributed by atoms with Crippen LogP contribution in [-0.4, -0.2) is 0 Å². The van der Waals surface area contributed by atoms with Crippen LogP contribution < -0.4 is 0 Å². The SMILES string of the molecule is [CH2-]S.[CH2-]S.[Y]. The Balaban J connectivity index is -0.0000000133. The standard InChI is InChI=1S/2CH3S.Y/c2*1-2;/h2*2H,1H2;/q2*-1;. The van der Waals surface area contributed by atoms with Crippen LogP contribution >= 0.6 is 25.3 Å². The van der Waals surface area contributed by atoms with Gasteiger partial charge in [0.2, 0.25) is 0 Å². The molecule has 0 fully saturated rings. The van der Waals surface area contributed by atoms with Crippen LogP contribution in [0.2, 0.25) is 0 Å². The molecule has 0 aromatic rings. The molecule has 0 aliphatic carbocycles. The van der Waals surface area contributed by atoms with Gasteiger partial charge in [-0.15, -0.1) is 0 Å². The quantitative estimate of drug-likeness (QED) is 0.411. The molecule has 0 spiro atoms. The van der Waals surface area contributed by atoms with E-state index in [0.717, 1.165) is 0 Å². The third-order valence-electron chi connectivity index (χ3n) is 0. The Morgan fingerprint density at radius 1 is 0.800 bits per heavy atom. The molecule has 0 aromatic carbocycles. The predicted octanol–water partition coefficient (Wildman–Crippen LogP) is 1.41. The summed E-state index contributed by atoms with van der Waals surface area (Å²) in [4.78, 5) is 0. The minimum atomic E-state index is 0. The van der Waals surface area contributed by atoms with Crippen LogP contribution in [-0.2, 0) is 32.7 Å². The zero-order valence-electron chi connectivity index (χ0n) is 2.89. The van der Waals surface area contributed by atoms with E-state index in [9.17, 15) is 0 Å². The normalized spacial score (nSPS) is 2.40. The Labute approximate surface area is 69.8 Å². The Hall–Kier alpha value is 1.80. The molecule has 0 nitrogen and oxygen atoms in total. The second-order valence-electron chi connectivity index (χ2n) is 0. The van der Waals surface area contributed by atoms with E-state index in [1.807, 2.05) is 0 Å². The zero-order chi connectivity index (χ0) is 4.00. The molecule has 0 rings (SSSR count). The molecule has 0 aliphatic heterocycles. The van der Waals surface area contributed by atoms with E-state index < -0.39 is 0 Å². The Bertz CT molecular complexity index is 7.61. The van der Waals surface area contributed by atoms with Crippen molar-refractivity contribution in [3.05, 3.63) is 12.5 Å². The second-order valence-corrected chi connectivity index (χ2v) is 0. The first-order valence-electron chi connectivity index (χ1n) is 0.632. The summed E-state index contributed by atoms with van der Waals surface area (Å²) in [5.74, 6) is 0. The first-order chi connectivity index (χ1) is 2.00. The maximum atomic E-state index is 3.28. The molecule has 0 aliphatic rings. The van der Waals surface area contributed by atoms with Gasteiger partial charge in [-0.3, -0.25) is 12.5 Å². The van der Waals surface area contributed by atoms with Crippen LogP contribution in [0.4, 0.5) is 0 Å². The third kappa shape index (κ3) is 25.8. The van der Waals surface area contributed by atoms with Crippen molar-refractivity contribution >= 4 is 25.3 Å². The van der Waals surface area contributed by atoms with Crippen LogP contribution in [0, 0.1) is 12.5 Å². The van der Waals surface area contributed by atoms with Gasteiger partial charge in [0, 0.05) is 32.7 Å². The van der Waals surface area contributed by atoms with Crippen molar-refractivity contribution in [2.24, 2.45) is 0 Å². The maximum Gasteiger partial charge on any atom is 0 e. The Morgan fingerprint density at radius 3 is 0.800 bits per heavy atom. The van der Waals surface area contributed by atoms with Crippen molar-refractivity contribution in [3.8, 4) is 0 Å². The first kappa shape index (κ1) is 15.8. The molecular weight excluding hydrogens is 177 g/mol. The van der Waals surface area contributed by atoms with Gasteiger partial charge < -0.3 is 25.3 Å². The Kier molecular flexibility index (Phi) is 130. The van der Waals surface area contributed by atoms with Gasteiger partial charge in [0.25, 0.3) is 0 Å². The molecule has 0 saturated carbocycles. The van der Waals surface area contributed by atoms with Crippen LogP contribution in [0.15, 0.2) is 0 Å². The van der Waals surface area contributed by atoms with Crippen LogP contribution in [0.3, 0.4) is 0 Å². The van der Waals surface area contributed by atoms with Crippen molar-refractivity contribution in [1.29, 1.82) is 0 Å². The van der Waals surface area contributed by atoms with Crippen LogP contribution in [0.5, 0.6) is 0 Å². The second kappa shape index (κ2) is 41.2. The molecule has 0 atom stereocenters. The van der Waals surface area contributed by atoms with Gasteiger partial charge in [-0.05, 0) is 0 Å². The molecule has 0 N–H and O–H groups in total. The van der Waals surface area contributed by atoms with E-state index in [0.29, 0.717) is 0 Å². The largest absolute Gasteiger partial charge is 0.372 e. The van der Waals surface area contributed by atoms with E-state index in [2.05, 4.69) is 37.8 Å². The van der Waals surface area contributed by atoms with Crippen LogP contribution in [0.25, 0.3) is 0 Å². The van der Waals surface area contributed by atoms with E-state index in [-0.39, 0.29) is 32.7 Å². The summed E-state index contributed by atoms with van der Waals surface area (Å²) in [6.45, 7) is 0. The summed E-state index contributed by atoms with van der Waals surface area (Å²) in [7, 11) is 0. The molecule has 0 bridgehead atoms. The fourth-order valence-corrected chi connectivity index (χ4v) is 0. The summed E-state index contributed by atoms with van der Waals surface area (Å²) in [5.41, 5.74) is 0. The third-order valence-corrected chi connectivity index (χ3v) is 0. The smallest absolute Gasteiger partial charge is 0 e. The monoisotopic (exact) mass is 183 g/mol. The van der Waals surface area contributed by atoms with Gasteiger partial charge in [0.05, 0.1) is 0 Å². The summed E-state index contributed by atoms with van der Waals surface area (Å²) in [6, 6.07) is 0. The molecule has 1 radical (unpaired) electrons. The number of rotatable bonds is 0.